The van der Waals surface area contributed by atoms with Gasteiger partial charge in [-0.25, -0.2) is 4.98 Å². The van der Waals surface area contributed by atoms with Gasteiger partial charge in [-0.2, -0.15) is 4.37 Å². The lowest BCUT2D eigenvalue weighted by Gasteiger charge is -2.20. The van der Waals surface area contributed by atoms with Gasteiger partial charge in [-0.1, -0.05) is 0 Å². The molecule has 0 aliphatic carbocycles. The van der Waals surface area contributed by atoms with Crippen LogP contribution >= 0.6 is 11.5 Å². The summed E-state index contributed by atoms with van der Waals surface area (Å²) in [5.41, 5.74) is 0. The lowest BCUT2D eigenvalue weighted by atomic mass is 10.1. The van der Waals surface area contributed by atoms with E-state index in [2.05, 4.69) is 19.2 Å². The molecule has 0 amide bonds. The van der Waals surface area contributed by atoms with Gasteiger partial charge in [0.15, 0.2) is 0 Å². The highest BCUT2D eigenvalue weighted by atomic mass is 32.1. The number of ether oxygens (including phenoxy) is 1. The van der Waals surface area contributed by atoms with Crippen LogP contribution in [-0.4, -0.2) is 60.7 Å². The average molecular weight is 296 g/mol. The van der Waals surface area contributed by atoms with Crippen LogP contribution in [0.1, 0.15) is 25.1 Å². The van der Waals surface area contributed by atoms with E-state index >= 15 is 0 Å². The molecule has 1 aromatic rings. The van der Waals surface area contributed by atoms with E-state index < -0.39 is 0 Å². The maximum absolute atomic E-state index is 5.08. The molecule has 3 rings (SSSR count). The van der Waals surface area contributed by atoms with Crippen molar-refractivity contribution in [3.05, 3.63) is 5.82 Å². The number of anilines is 1. The van der Waals surface area contributed by atoms with E-state index in [0.29, 0.717) is 6.61 Å². The van der Waals surface area contributed by atoms with E-state index in [0.717, 1.165) is 36.4 Å². The van der Waals surface area contributed by atoms with Crippen LogP contribution in [0.25, 0.3) is 0 Å². The second kappa shape index (κ2) is 6.83. The van der Waals surface area contributed by atoms with Crippen molar-refractivity contribution < 1.29 is 4.74 Å². The van der Waals surface area contributed by atoms with E-state index in [9.17, 15) is 0 Å². The fourth-order valence-electron chi connectivity index (χ4n) is 3.15. The van der Waals surface area contributed by atoms with Gasteiger partial charge in [0, 0.05) is 44.7 Å². The number of hydrogen-bond donors (Lipinski definition) is 0. The second-order valence-corrected chi connectivity index (χ2v) is 6.57. The molecule has 1 atom stereocenters. The molecule has 20 heavy (non-hydrogen) atoms. The van der Waals surface area contributed by atoms with E-state index in [1.165, 1.54) is 50.4 Å². The Hall–Kier alpha value is -0.720. The Labute approximate surface area is 125 Å². The van der Waals surface area contributed by atoms with Crippen LogP contribution in [0.3, 0.4) is 0 Å². The molecule has 6 heteroatoms. The molecule has 0 bridgehead atoms. The van der Waals surface area contributed by atoms with Gasteiger partial charge in [0.1, 0.15) is 5.82 Å². The molecule has 2 aliphatic heterocycles. The number of hydrogen-bond acceptors (Lipinski definition) is 6. The SMILES string of the molecule is COCCc1nsc(N2CCC(CN3CCCC3)C2)n1. The molecule has 0 saturated carbocycles. The second-order valence-electron chi connectivity index (χ2n) is 5.84. The topological polar surface area (TPSA) is 41.5 Å². The van der Waals surface area contributed by atoms with Gasteiger partial charge in [-0.05, 0) is 38.3 Å². The van der Waals surface area contributed by atoms with Crippen LogP contribution in [-0.2, 0) is 11.2 Å². The molecular weight excluding hydrogens is 272 g/mol. The Morgan fingerprint density at radius 1 is 1.30 bits per heavy atom. The molecule has 0 N–H and O–H groups in total. The van der Waals surface area contributed by atoms with Gasteiger partial charge in [0.2, 0.25) is 5.13 Å². The number of rotatable bonds is 6. The molecule has 5 nitrogen and oxygen atoms in total. The fraction of sp³-hybridized carbons (Fsp3) is 0.857. The van der Waals surface area contributed by atoms with Crippen LogP contribution in [0, 0.1) is 5.92 Å². The molecule has 112 valence electrons. The zero-order valence-corrected chi connectivity index (χ0v) is 13.1. The molecule has 1 aromatic heterocycles. The molecule has 0 radical (unpaired) electrons. The highest BCUT2D eigenvalue weighted by Gasteiger charge is 2.27. The minimum Gasteiger partial charge on any atom is -0.384 e. The molecule has 2 fully saturated rings. The predicted octanol–water partition coefficient (Wildman–Crippen LogP) is 1.65. The van der Waals surface area contributed by atoms with Crippen molar-refractivity contribution in [2.75, 3.05) is 51.3 Å². The highest BCUT2D eigenvalue weighted by molar-refractivity contribution is 7.09. The van der Waals surface area contributed by atoms with Gasteiger partial charge in [0.25, 0.3) is 0 Å². The van der Waals surface area contributed by atoms with Crippen molar-refractivity contribution in [1.29, 1.82) is 0 Å². The predicted molar refractivity (Wildman–Crippen MR) is 81.5 cm³/mol. The summed E-state index contributed by atoms with van der Waals surface area (Å²) in [5.74, 6) is 1.73. The van der Waals surface area contributed by atoms with Crippen molar-refractivity contribution in [2.24, 2.45) is 5.92 Å². The van der Waals surface area contributed by atoms with Crippen LogP contribution in [0.4, 0.5) is 5.13 Å². The first kappa shape index (κ1) is 14.2. The van der Waals surface area contributed by atoms with Gasteiger partial charge in [-0.3, -0.25) is 0 Å². The summed E-state index contributed by atoms with van der Waals surface area (Å²) in [6, 6.07) is 0. The van der Waals surface area contributed by atoms with Crippen molar-refractivity contribution in [1.82, 2.24) is 14.3 Å². The molecule has 3 heterocycles. The van der Waals surface area contributed by atoms with Gasteiger partial charge in [-0.15, -0.1) is 0 Å². The van der Waals surface area contributed by atoms with E-state index in [1.54, 1.807) is 7.11 Å². The van der Waals surface area contributed by atoms with Crippen molar-refractivity contribution in [3.8, 4) is 0 Å². The fourth-order valence-corrected chi connectivity index (χ4v) is 3.90. The third kappa shape index (κ3) is 3.48. The Morgan fingerprint density at radius 3 is 2.95 bits per heavy atom. The number of nitrogens with zero attached hydrogens (tertiary/aromatic N) is 4. The van der Waals surface area contributed by atoms with E-state index in [4.69, 9.17) is 4.74 Å². The first-order chi connectivity index (χ1) is 9.85. The third-order valence-corrected chi connectivity index (χ3v) is 5.07. The first-order valence-corrected chi connectivity index (χ1v) is 8.41. The number of aromatic nitrogens is 2. The molecule has 1 unspecified atom stereocenters. The monoisotopic (exact) mass is 296 g/mol. The smallest absolute Gasteiger partial charge is 0.205 e. The van der Waals surface area contributed by atoms with Gasteiger partial charge < -0.3 is 14.5 Å². The summed E-state index contributed by atoms with van der Waals surface area (Å²) < 4.78 is 9.50. The Balaban J connectivity index is 1.49. The first-order valence-electron chi connectivity index (χ1n) is 7.64. The minimum atomic E-state index is 0.702. The Bertz CT molecular complexity index is 419. The van der Waals surface area contributed by atoms with Crippen LogP contribution in [0.5, 0.6) is 0 Å². The molecular formula is C14H24N4OS. The van der Waals surface area contributed by atoms with E-state index in [-0.39, 0.29) is 0 Å². The average Bonchev–Trinajstić information content (AvgIpc) is 3.18. The van der Waals surface area contributed by atoms with Gasteiger partial charge >= 0.3 is 0 Å². The largest absolute Gasteiger partial charge is 0.384 e. The van der Waals surface area contributed by atoms with Crippen LogP contribution in [0.2, 0.25) is 0 Å². The molecule has 2 aliphatic rings. The lowest BCUT2D eigenvalue weighted by Crippen LogP contribution is -2.29. The summed E-state index contributed by atoms with van der Waals surface area (Å²) in [7, 11) is 1.72. The quantitative estimate of drug-likeness (QED) is 0.798. The molecule has 2 saturated heterocycles. The molecule has 0 aromatic carbocycles. The van der Waals surface area contributed by atoms with Crippen molar-refractivity contribution in [2.45, 2.75) is 25.7 Å². The zero-order valence-electron chi connectivity index (χ0n) is 12.3. The summed E-state index contributed by atoms with van der Waals surface area (Å²) in [4.78, 5) is 9.67. The third-order valence-electron chi connectivity index (χ3n) is 4.26. The van der Waals surface area contributed by atoms with Gasteiger partial charge in [0.05, 0.1) is 6.61 Å². The standard InChI is InChI=1S/C14H24N4OS/c1-19-9-5-13-15-14(20-16-13)18-8-4-12(11-18)10-17-6-2-3-7-17/h12H,2-11H2,1H3. The normalized spacial score (nSPS) is 23.9. The van der Waals surface area contributed by atoms with E-state index in [1.807, 2.05) is 0 Å². The van der Waals surface area contributed by atoms with Crippen molar-refractivity contribution in [3.63, 3.8) is 0 Å². The summed E-state index contributed by atoms with van der Waals surface area (Å²) >= 11 is 1.54. The Morgan fingerprint density at radius 2 is 2.15 bits per heavy atom. The summed E-state index contributed by atoms with van der Waals surface area (Å²) in [6.45, 7) is 6.86. The summed E-state index contributed by atoms with van der Waals surface area (Å²) in [5, 5.41) is 1.10. The number of likely N-dealkylation sites (tertiary alicyclic amines) is 1. The number of methoxy groups -OCH3 is 1. The van der Waals surface area contributed by atoms with Crippen LogP contribution < -0.4 is 4.90 Å². The minimum absolute atomic E-state index is 0.702. The Kier molecular flexibility index (Phi) is 4.86. The van der Waals surface area contributed by atoms with Crippen LogP contribution in [0.15, 0.2) is 0 Å². The maximum Gasteiger partial charge on any atom is 0.205 e. The zero-order chi connectivity index (χ0) is 13.8. The summed E-state index contributed by atoms with van der Waals surface area (Å²) in [6.07, 6.45) is 4.88. The lowest BCUT2D eigenvalue weighted by molar-refractivity contribution is 0.201. The highest BCUT2D eigenvalue weighted by Crippen LogP contribution is 2.26. The van der Waals surface area contributed by atoms with Crippen molar-refractivity contribution >= 4 is 16.7 Å². The maximum atomic E-state index is 5.08. The molecule has 0 spiro atoms.